The Bertz CT molecular complexity index is 211. The first-order valence-electron chi connectivity index (χ1n) is 6.93. The fourth-order valence-electron chi connectivity index (χ4n) is 1.93. The molecule has 2 nitrogen and oxygen atoms in total. The van der Waals surface area contributed by atoms with E-state index in [0.29, 0.717) is 0 Å². The van der Waals surface area contributed by atoms with E-state index in [1.807, 2.05) is 6.92 Å². The van der Waals surface area contributed by atoms with Gasteiger partial charge in [-0.05, 0) is 25.7 Å². The van der Waals surface area contributed by atoms with Crippen LogP contribution < -0.4 is 0 Å². The van der Waals surface area contributed by atoms with Crippen molar-refractivity contribution in [3.63, 3.8) is 0 Å². The molecule has 0 fully saturated rings. The van der Waals surface area contributed by atoms with Crippen molar-refractivity contribution >= 4 is 5.97 Å². The second kappa shape index (κ2) is 10.4. The lowest BCUT2D eigenvalue weighted by Crippen LogP contribution is -2.12. The molecule has 0 heterocycles. The van der Waals surface area contributed by atoms with Gasteiger partial charge in [0, 0.05) is 6.08 Å². The first-order chi connectivity index (χ1) is 8.10. The van der Waals surface area contributed by atoms with Crippen molar-refractivity contribution in [2.75, 3.05) is 0 Å². The summed E-state index contributed by atoms with van der Waals surface area (Å²) in [5.41, 5.74) is 0. The zero-order valence-corrected chi connectivity index (χ0v) is 11.7. The second-order valence-electron chi connectivity index (χ2n) is 4.98. The number of ether oxygens (including phenoxy) is 1. The van der Waals surface area contributed by atoms with E-state index in [1.165, 1.54) is 38.2 Å². The van der Waals surface area contributed by atoms with Gasteiger partial charge in [0.05, 0.1) is 6.10 Å². The summed E-state index contributed by atoms with van der Waals surface area (Å²) in [6.07, 6.45) is 9.85. The van der Waals surface area contributed by atoms with Crippen LogP contribution >= 0.6 is 0 Å². The summed E-state index contributed by atoms with van der Waals surface area (Å²) in [5.74, 6) is 0.523. The van der Waals surface area contributed by atoms with E-state index in [9.17, 15) is 4.79 Å². The number of carbonyl (C=O) groups excluding carboxylic acids is 1. The van der Waals surface area contributed by atoms with Gasteiger partial charge in [0.1, 0.15) is 0 Å². The molecule has 2 unspecified atom stereocenters. The van der Waals surface area contributed by atoms with Crippen molar-refractivity contribution < 1.29 is 9.53 Å². The predicted octanol–water partition coefficient (Wildman–Crippen LogP) is 4.49. The summed E-state index contributed by atoms with van der Waals surface area (Å²) in [6, 6.07) is 0. The van der Waals surface area contributed by atoms with Crippen LogP contribution in [-0.4, -0.2) is 12.1 Å². The minimum atomic E-state index is -0.311. The Balaban J connectivity index is 3.43. The monoisotopic (exact) mass is 240 g/mol. The molecule has 0 spiro atoms. The van der Waals surface area contributed by atoms with Gasteiger partial charge in [0.15, 0.2) is 0 Å². The van der Waals surface area contributed by atoms with Crippen LogP contribution in [0.4, 0.5) is 0 Å². The molecule has 2 atom stereocenters. The Hall–Kier alpha value is -0.790. The molecule has 0 aliphatic carbocycles. The molecule has 0 aromatic rings. The highest BCUT2D eigenvalue weighted by molar-refractivity contribution is 5.81. The summed E-state index contributed by atoms with van der Waals surface area (Å²) in [6.45, 7) is 9.90. The minimum absolute atomic E-state index is 0.0199. The van der Waals surface area contributed by atoms with Crippen molar-refractivity contribution in [3.8, 4) is 0 Å². The third-order valence-electron chi connectivity index (χ3n) is 3.09. The number of unbranched alkanes of at least 4 members (excludes halogenated alkanes) is 2. The Morgan fingerprint density at radius 1 is 1.18 bits per heavy atom. The van der Waals surface area contributed by atoms with Crippen LogP contribution in [-0.2, 0) is 9.53 Å². The van der Waals surface area contributed by atoms with Gasteiger partial charge in [-0.3, -0.25) is 0 Å². The fourth-order valence-corrected chi connectivity index (χ4v) is 1.93. The molecular weight excluding hydrogens is 212 g/mol. The van der Waals surface area contributed by atoms with Crippen molar-refractivity contribution in [3.05, 3.63) is 12.7 Å². The van der Waals surface area contributed by atoms with Crippen LogP contribution in [0.15, 0.2) is 12.7 Å². The summed E-state index contributed by atoms with van der Waals surface area (Å²) in [7, 11) is 0. The van der Waals surface area contributed by atoms with Crippen LogP contribution in [0.2, 0.25) is 0 Å². The average Bonchev–Trinajstić information content (AvgIpc) is 2.31. The number of hydrogen-bond acceptors (Lipinski definition) is 2. The van der Waals surface area contributed by atoms with Gasteiger partial charge in [-0.2, -0.15) is 0 Å². The lowest BCUT2D eigenvalue weighted by molar-refractivity contribution is -0.142. The molecular formula is C15H28O2. The predicted molar refractivity (Wildman–Crippen MR) is 72.9 cm³/mol. The Morgan fingerprint density at radius 2 is 1.76 bits per heavy atom. The van der Waals surface area contributed by atoms with Crippen LogP contribution in [0.1, 0.15) is 65.7 Å². The van der Waals surface area contributed by atoms with Crippen LogP contribution in [0, 0.1) is 5.92 Å². The van der Waals surface area contributed by atoms with Gasteiger partial charge in [0.2, 0.25) is 0 Å². The van der Waals surface area contributed by atoms with Gasteiger partial charge in [0.25, 0.3) is 0 Å². The van der Waals surface area contributed by atoms with E-state index in [-0.39, 0.29) is 12.1 Å². The molecule has 0 saturated carbocycles. The van der Waals surface area contributed by atoms with Crippen LogP contribution in [0.25, 0.3) is 0 Å². The van der Waals surface area contributed by atoms with Crippen LogP contribution in [0.5, 0.6) is 0 Å². The normalized spacial score (nSPS) is 14.1. The third-order valence-corrected chi connectivity index (χ3v) is 3.09. The Morgan fingerprint density at radius 3 is 2.35 bits per heavy atom. The van der Waals surface area contributed by atoms with Crippen molar-refractivity contribution in [2.24, 2.45) is 5.92 Å². The van der Waals surface area contributed by atoms with E-state index < -0.39 is 0 Å². The molecule has 0 N–H and O–H groups in total. The molecule has 100 valence electrons. The van der Waals surface area contributed by atoms with E-state index >= 15 is 0 Å². The molecule has 17 heavy (non-hydrogen) atoms. The van der Waals surface area contributed by atoms with E-state index in [2.05, 4.69) is 20.4 Å². The number of carbonyl (C=O) groups is 1. The lowest BCUT2D eigenvalue weighted by atomic mass is 9.97. The summed E-state index contributed by atoms with van der Waals surface area (Å²) in [5, 5.41) is 0. The average molecular weight is 240 g/mol. The number of hydrogen-bond donors (Lipinski definition) is 0. The Kier molecular flexibility index (Phi) is 9.89. The van der Waals surface area contributed by atoms with Crippen molar-refractivity contribution in [1.29, 1.82) is 0 Å². The van der Waals surface area contributed by atoms with E-state index in [4.69, 9.17) is 4.74 Å². The van der Waals surface area contributed by atoms with Crippen molar-refractivity contribution in [2.45, 2.75) is 71.8 Å². The summed E-state index contributed by atoms with van der Waals surface area (Å²) in [4.78, 5) is 10.9. The lowest BCUT2D eigenvalue weighted by Gasteiger charge is -2.13. The first kappa shape index (κ1) is 16.2. The van der Waals surface area contributed by atoms with Crippen LogP contribution in [0.3, 0.4) is 0 Å². The quantitative estimate of drug-likeness (QED) is 0.319. The molecule has 0 radical (unpaired) electrons. The fraction of sp³-hybridized carbons (Fsp3) is 0.800. The maximum absolute atomic E-state index is 10.9. The first-order valence-corrected chi connectivity index (χ1v) is 6.93. The molecule has 0 aliphatic heterocycles. The smallest absolute Gasteiger partial charge is 0.330 e. The highest BCUT2D eigenvalue weighted by Crippen LogP contribution is 2.16. The molecule has 0 bridgehead atoms. The molecule has 0 amide bonds. The summed E-state index contributed by atoms with van der Waals surface area (Å²) < 4.78 is 5.11. The minimum Gasteiger partial charge on any atom is -0.460 e. The molecule has 0 aliphatic rings. The third kappa shape index (κ3) is 10.1. The molecule has 2 heteroatoms. The standard InChI is InChI=1S/C15H28O2/c1-5-7-10-13(3)11-8-9-12-14(4)17-15(16)6-2/h6,13-14H,2,5,7-12H2,1,3-4H3. The van der Waals surface area contributed by atoms with Gasteiger partial charge in [-0.1, -0.05) is 52.5 Å². The highest BCUT2D eigenvalue weighted by atomic mass is 16.5. The Labute approximate surface area is 106 Å². The molecule has 0 aromatic carbocycles. The maximum atomic E-state index is 10.9. The SMILES string of the molecule is C=CC(=O)OC(C)CCCCC(C)CCCC. The maximum Gasteiger partial charge on any atom is 0.330 e. The zero-order chi connectivity index (χ0) is 13.1. The molecule has 0 aromatic heterocycles. The number of rotatable bonds is 10. The van der Waals surface area contributed by atoms with E-state index in [0.717, 1.165) is 18.8 Å². The van der Waals surface area contributed by atoms with Crippen molar-refractivity contribution in [1.82, 2.24) is 0 Å². The van der Waals surface area contributed by atoms with Gasteiger partial charge in [-0.15, -0.1) is 0 Å². The highest BCUT2D eigenvalue weighted by Gasteiger charge is 2.07. The number of esters is 1. The molecule has 0 saturated heterocycles. The summed E-state index contributed by atoms with van der Waals surface area (Å²) >= 11 is 0. The van der Waals surface area contributed by atoms with Gasteiger partial charge < -0.3 is 4.74 Å². The topological polar surface area (TPSA) is 26.3 Å². The van der Waals surface area contributed by atoms with Gasteiger partial charge >= 0.3 is 5.97 Å². The van der Waals surface area contributed by atoms with E-state index in [1.54, 1.807) is 0 Å². The zero-order valence-electron chi connectivity index (χ0n) is 11.7. The second-order valence-corrected chi connectivity index (χ2v) is 4.98. The largest absolute Gasteiger partial charge is 0.460 e. The van der Waals surface area contributed by atoms with Gasteiger partial charge in [-0.25, -0.2) is 4.79 Å². The molecule has 0 rings (SSSR count).